The minimum atomic E-state index is -3.82. The molecule has 0 unspecified atom stereocenters. The number of aryl methyl sites for hydroxylation is 1. The fourth-order valence-electron chi connectivity index (χ4n) is 3.13. The van der Waals surface area contributed by atoms with Gasteiger partial charge in [-0.2, -0.15) is 9.57 Å². The monoisotopic (exact) mass is 449 g/mol. The normalized spacial score (nSPS) is 15.2. The van der Waals surface area contributed by atoms with Gasteiger partial charge >= 0.3 is 0 Å². The van der Waals surface area contributed by atoms with Crippen LogP contribution in [0.5, 0.6) is 0 Å². The average molecular weight is 450 g/mol. The molecule has 1 amide bonds. The Labute approximate surface area is 180 Å². The van der Waals surface area contributed by atoms with Gasteiger partial charge in [-0.1, -0.05) is 23.4 Å². The molecular formula is C20H20ClN3O3S2. The van der Waals surface area contributed by atoms with Gasteiger partial charge in [0.25, 0.3) is 0 Å². The number of amides is 1. The number of carbonyl (C=O) groups excluding carboxylic acids is 1. The van der Waals surface area contributed by atoms with E-state index in [0.717, 1.165) is 10.5 Å². The zero-order valence-electron chi connectivity index (χ0n) is 16.1. The molecular weight excluding hydrogens is 430 g/mol. The molecule has 29 heavy (non-hydrogen) atoms. The number of benzene rings is 2. The molecule has 6 nitrogen and oxygen atoms in total. The third-order valence-electron chi connectivity index (χ3n) is 4.62. The summed E-state index contributed by atoms with van der Waals surface area (Å²) >= 11 is 7.43. The third-order valence-corrected chi connectivity index (χ3v) is 7.95. The smallest absolute Gasteiger partial charge is 0.244 e. The second-order valence-electron chi connectivity index (χ2n) is 6.75. The van der Waals surface area contributed by atoms with Crippen molar-refractivity contribution in [3.8, 4) is 6.07 Å². The Morgan fingerprint density at radius 3 is 2.41 bits per heavy atom. The van der Waals surface area contributed by atoms with E-state index in [4.69, 9.17) is 11.6 Å². The Morgan fingerprint density at radius 2 is 1.83 bits per heavy atom. The first-order valence-corrected chi connectivity index (χ1v) is 11.6. The fraction of sp³-hybridized carbons (Fsp3) is 0.300. The molecule has 0 bridgehead atoms. The molecule has 1 fully saturated rings. The highest BCUT2D eigenvalue weighted by Gasteiger charge is 2.31. The standard InChI is InChI=1S/C20H20ClN3O3S2/c1-14-9-17(21)12-18(10-14)28-19-4-3-16(13-22)11-20(19)29(26,27)24-7-5-23(6-8-24)15(2)25/h3-4,9-12H,5-8H2,1-2H3. The quantitative estimate of drug-likeness (QED) is 0.713. The van der Waals surface area contributed by atoms with Crippen molar-refractivity contribution in [3.05, 3.63) is 52.5 Å². The summed E-state index contributed by atoms with van der Waals surface area (Å²) in [7, 11) is -3.82. The Morgan fingerprint density at radius 1 is 1.14 bits per heavy atom. The molecule has 9 heteroatoms. The minimum Gasteiger partial charge on any atom is -0.340 e. The lowest BCUT2D eigenvalue weighted by Crippen LogP contribution is -2.50. The van der Waals surface area contributed by atoms with E-state index in [0.29, 0.717) is 23.0 Å². The highest BCUT2D eigenvalue weighted by Crippen LogP contribution is 2.36. The van der Waals surface area contributed by atoms with Crippen LogP contribution in [0, 0.1) is 18.3 Å². The summed E-state index contributed by atoms with van der Waals surface area (Å²) in [5.41, 5.74) is 1.25. The third kappa shape index (κ3) is 4.93. The molecule has 1 aliphatic heterocycles. The molecule has 0 spiro atoms. The van der Waals surface area contributed by atoms with Crippen molar-refractivity contribution in [3.63, 3.8) is 0 Å². The second-order valence-corrected chi connectivity index (χ2v) is 10.2. The maximum atomic E-state index is 13.4. The first-order valence-electron chi connectivity index (χ1n) is 8.95. The summed E-state index contributed by atoms with van der Waals surface area (Å²) in [6.45, 7) is 4.53. The molecule has 1 saturated heterocycles. The van der Waals surface area contributed by atoms with Crippen LogP contribution in [0.25, 0.3) is 0 Å². The van der Waals surface area contributed by atoms with E-state index < -0.39 is 10.0 Å². The minimum absolute atomic E-state index is 0.0684. The van der Waals surface area contributed by atoms with Crippen LogP contribution < -0.4 is 0 Å². The maximum Gasteiger partial charge on any atom is 0.244 e. The van der Waals surface area contributed by atoms with Crippen LogP contribution in [0.1, 0.15) is 18.1 Å². The highest BCUT2D eigenvalue weighted by atomic mass is 35.5. The zero-order valence-corrected chi connectivity index (χ0v) is 18.4. The molecule has 2 aromatic carbocycles. The van der Waals surface area contributed by atoms with Gasteiger partial charge in [0.05, 0.1) is 16.5 Å². The summed E-state index contributed by atoms with van der Waals surface area (Å²) in [6.07, 6.45) is 0. The van der Waals surface area contributed by atoms with E-state index in [1.54, 1.807) is 23.1 Å². The van der Waals surface area contributed by atoms with Crippen LogP contribution in [-0.2, 0) is 14.8 Å². The van der Waals surface area contributed by atoms with Gasteiger partial charge in [-0.05, 0) is 48.9 Å². The fourth-order valence-corrected chi connectivity index (χ4v) is 6.43. The summed E-state index contributed by atoms with van der Waals surface area (Å²) in [4.78, 5) is 14.6. The van der Waals surface area contributed by atoms with Crippen LogP contribution in [0.4, 0.5) is 0 Å². The summed E-state index contributed by atoms with van der Waals surface area (Å²) in [6, 6.07) is 12.2. The van der Waals surface area contributed by atoms with E-state index in [1.807, 2.05) is 25.1 Å². The summed E-state index contributed by atoms with van der Waals surface area (Å²) in [5, 5.41) is 9.84. The van der Waals surface area contributed by atoms with Gasteiger partial charge < -0.3 is 4.90 Å². The van der Waals surface area contributed by atoms with Gasteiger partial charge in [0.2, 0.25) is 15.9 Å². The van der Waals surface area contributed by atoms with Crippen molar-refractivity contribution in [2.45, 2.75) is 28.5 Å². The Hall–Kier alpha value is -2.05. The molecule has 0 radical (unpaired) electrons. The Bertz CT molecular complexity index is 1070. The number of halogens is 1. The van der Waals surface area contributed by atoms with Crippen molar-refractivity contribution in [1.29, 1.82) is 5.26 Å². The molecule has 0 saturated carbocycles. The predicted molar refractivity (Wildman–Crippen MR) is 112 cm³/mol. The molecule has 0 N–H and O–H groups in total. The molecule has 0 aliphatic carbocycles. The summed E-state index contributed by atoms with van der Waals surface area (Å²) < 4.78 is 28.1. The number of sulfonamides is 1. The number of nitrogens with zero attached hydrogens (tertiary/aromatic N) is 3. The van der Waals surface area contributed by atoms with Crippen LogP contribution in [0.2, 0.25) is 5.02 Å². The first-order chi connectivity index (χ1) is 13.7. The van der Waals surface area contributed by atoms with Crippen molar-refractivity contribution < 1.29 is 13.2 Å². The van der Waals surface area contributed by atoms with Crippen molar-refractivity contribution >= 4 is 39.3 Å². The second kappa shape index (κ2) is 8.76. The van der Waals surface area contributed by atoms with E-state index >= 15 is 0 Å². The number of piperazine rings is 1. The molecule has 1 heterocycles. The van der Waals surface area contributed by atoms with E-state index in [2.05, 4.69) is 0 Å². The van der Waals surface area contributed by atoms with Gasteiger partial charge in [0, 0.05) is 47.9 Å². The van der Waals surface area contributed by atoms with Gasteiger partial charge in [-0.3, -0.25) is 4.79 Å². The number of hydrogen-bond donors (Lipinski definition) is 0. The van der Waals surface area contributed by atoms with E-state index in [-0.39, 0.29) is 29.5 Å². The maximum absolute atomic E-state index is 13.4. The van der Waals surface area contributed by atoms with Crippen molar-refractivity contribution in [2.24, 2.45) is 0 Å². The van der Waals surface area contributed by atoms with Gasteiger partial charge in [0.1, 0.15) is 0 Å². The van der Waals surface area contributed by atoms with Crippen LogP contribution in [0.15, 0.2) is 51.1 Å². The Kier molecular flexibility index (Phi) is 6.54. The molecule has 3 rings (SSSR count). The van der Waals surface area contributed by atoms with Gasteiger partial charge in [-0.15, -0.1) is 0 Å². The molecule has 0 atom stereocenters. The highest BCUT2D eigenvalue weighted by molar-refractivity contribution is 8.00. The average Bonchev–Trinajstić information content (AvgIpc) is 2.67. The number of nitriles is 1. The molecule has 2 aromatic rings. The molecule has 152 valence electrons. The van der Waals surface area contributed by atoms with Crippen molar-refractivity contribution in [1.82, 2.24) is 9.21 Å². The van der Waals surface area contributed by atoms with Crippen molar-refractivity contribution in [2.75, 3.05) is 26.2 Å². The lowest BCUT2D eigenvalue weighted by Gasteiger charge is -2.33. The van der Waals surface area contributed by atoms with E-state index in [1.165, 1.54) is 29.1 Å². The summed E-state index contributed by atoms with van der Waals surface area (Å²) in [5.74, 6) is -0.0684. The first kappa shape index (κ1) is 21.7. The Balaban J connectivity index is 1.97. The van der Waals surface area contributed by atoms with Gasteiger partial charge in [0.15, 0.2) is 0 Å². The number of rotatable bonds is 4. The molecule has 0 aromatic heterocycles. The number of carbonyl (C=O) groups is 1. The van der Waals surface area contributed by atoms with E-state index in [9.17, 15) is 18.5 Å². The predicted octanol–water partition coefficient (Wildman–Crippen LogP) is 3.52. The van der Waals surface area contributed by atoms with Crippen LogP contribution in [0.3, 0.4) is 0 Å². The van der Waals surface area contributed by atoms with Gasteiger partial charge in [-0.25, -0.2) is 8.42 Å². The lowest BCUT2D eigenvalue weighted by atomic mass is 10.2. The SMILES string of the molecule is CC(=O)N1CCN(S(=O)(=O)c2cc(C#N)ccc2Sc2cc(C)cc(Cl)c2)CC1. The number of hydrogen-bond acceptors (Lipinski definition) is 5. The molecule has 1 aliphatic rings. The topological polar surface area (TPSA) is 81.5 Å². The van der Waals surface area contributed by atoms with Crippen LogP contribution in [-0.4, -0.2) is 49.7 Å². The lowest BCUT2D eigenvalue weighted by molar-refractivity contribution is -0.129. The largest absolute Gasteiger partial charge is 0.340 e. The zero-order chi connectivity index (χ0) is 21.2. The van der Waals surface area contributed by atoms with Crippen LogP contribution >= 0.6 is 23.4 Å².